The van der Waals surface area contributed by atoms with Gasteiger partial charge in [0.15, 0.2) is 0 Å². The van der Waals surface area contributed by atoms with Crippen LogP contribution in [0.2, 0.25) is 0 Å². The number of aliphatic hydroxyl groups is 1. The van der Waals surface area contributed by atoms with Gasteiger partial charge in [-0.2, -0.15) is 0 Å². The summed E-state index contributed by atoms with van der Waals surface area (Å²) in [5, 5.41) is 9.72. The van der Waals surface area contributed by atoms with Gasteiger partial charge in [-0.25, -0.2) is 0 Å². The number of rotatable bonds is 0. The Balaban J connectivity index is 0. The Bertz CT molecular complexity index is 270. The molecule has 0 aliphatic carbocycles. The molecule has 122 valence electrons. The highest BCUT2D eigenvalue weighted by Crippen LogP contribution is 2.32. The van der Waals surface area contributed by atoms with Crippen molar-refractivity contribution in [2.24, 2.45) is 21.7 Å². The second kappa shape index (κ2) is 6.60. The van der Waals surface area contributed by atoms with Gasteiger partial charge in [0, 0.05) is 10.8 Å². The van der Waals surface area contributed by atoms with E-state index in [2.05, 4.69) is 41.5 Å². The molecular formula is C18H38O2. The summed E-state index contributed by atoms with van der Waals surface area (Å²) >= 11 is 0. The van der Waals surface area contributed by atoms with Gasteiger partial charge in [-0.1, -0.05) is 83.1 Å². The van der Waals surface area contributed by atoms with Crippen LogP contribution >= 0.6 is 0 Å². The first kappa shape index (κ1) is 21.9. The Morgan fingerprint density at radius 3 is 0.850 bits per heavy atom. The number of Topliss-reactive ketones (excluding diaryl/α,β-unsaturated/α-hetero) is 1. The molecule has 0 aromatic heterocycles. The van der Waals surface area contributed by atoms with E-state index in [1.165, 1.54) is 0 Å². The van der Waals surface area contributed by atoms with Crippen molar-refractivity contribution < 1.29 is 9.90 Å². The average Bonchev–Trinajstić information content (AvgIpc) is 2.10. The van der Waals surface area contributed by atoms with Gasteiger partial charge in [-0.05, 0) is 10.8 Å². The number of carbonyl (C=O) groups excluding carboxylic acids is 1. The molecule has 0 aromatic carbocycles. The van der Waals surface area contributed by atoms with E-state index in [4.69, 9.17) is 0 Å². The number of aliphatic hydroxyl groups excluding tert-OH is 1. The first-order valence-electron chi connectivity index (χ1n) is 7.54. The molecular weight excluding hydrogens is 248 g/mol. The molecule has 20 heavy (non-hydrogen) atoms. The Morgan fingerprint density at radius 1 is 0.650 bits per heavy atom. The smallest absolute Gasteiger partial charge is 0.143 e. The molecule has 1 N–H and O–H groups in total. The molecule has 0 saturated carbocycles. The summed E-state index contributed by atoms with van der Waals surface area (Å²) in [4.78, 5) is 11.5. The largest absolute Gasteiger partial charge is 0.392 e. The lowest BCUT2D eigenvalue weighted by Gasteiger charge is -2.36. The van der Waals surface area contributed by atoms with Crippen molar-refractivity contribution in [1.29, 1.82) is 0 Å². The zero-order valence-electron chi connectivity index (χ0n) is 15.9. The molecule has 0 bridgehead atoms. The van der Waals surface area contributed by atoms with Gasteiger partial charge in [0.2, 0.25) is 0 Å². The Morgan fingerprint density at radius 2 is 0.850 bits per heavy atom. The van der Waals surface area contributed by atoms with Crippen molar-refractivity contribution >= 4 is 5.78 Å². The highest BCUT2D eigenvalue weighted by Gasteiger charge is 2.33. The van der Waals surface area contributed by atoms with Crippen LogP contribution in [-0.4, -0.2) is 17.0 Å². The molecule has 0 fully saturated rings. The SMILES string of the molecule is CC(C)(C)C(=O)C(C)(C)C.CC(C)(C)C(O)C(C)(C)C. The number of carbonyl (C=O) groups is 1. The fraction of sp³-hybridized carbons (Fsp3) is 0.944. The van der Waals surface area contributed by atoms with Crippen molar-refractivity contribution in [3.8, 4) is 0 Å². The summed E-state index contributed by atoms with van der Waals surface area (Å²) in [5.74, 6) is 0.319. The van der Waals surface area contributed by atoms with Gasteiger partial charge in [-0.15, -0.1) is 0 Å². The lowest BCUT2D eigenvalue weighted by molar-refractivity contribution is -0.134. The lowest BCUT2D eigenvalue weighted by Crippen LogP contribution is -2.37. The van der Waals surface area contributed by atoms with Gasteiger partial charge in [0.1, 0.15) is 5.78 Å². The number of hydrogen-bond acceptors (Lipinski definition) is 2. The monoisotopic (exact) mass is 286 g/mol. The molecule has 0 radical (unpaired) electrons. The molecule has 2 heteroatoms. The molecule has 0 unspecified atom stereocenters. The molecule has 0 heterocycles. The van der Waals surface area contributed by atoms with E-state index in [1.807, 2.05) is 41.5 Å². The summed E-state index contributed by atoms with van der Waals surface area (Å²) in [6.07, 6.45) is -0.236. The standard InChI is InChI=1S/C9H20O.C9H18O/c2*1-8(2,3)7(10)9(4,5)6/h7,10H,1-6H3;1-6H3. The first-order chi connectivity index (χ1) is 8.31. The Labute approximate surface area is 127 Å². The van der Waals surface area contributed by atoms with Crippen LogP contribution in [0.3, 0.4) is 0 Å². The molecule has 0 aliphatic heterocycles. The minimum atomic E-state index is -0.236. The summed E-state index contributed by atoms with van der Waals surface area (Å²) in [6.45, 7) is 24.1. The van der Waals surface area contributed by atoms with Crippen molar-refractivity contribution in [2.45, 2.75) is 89.2 Å². The van der Waals surface area contributed by atoms with Crippen molar-refractivity contribution in [3.05, 3.63) is 0 Å². The normalized spacial score (nSPS) is 13.9. The van der Waals surface area contributed by atoms with E-state index in [1.54, 1.807) is 0 Å². The third kappa shape index (κ3) is 8.73. The van der Waals surface area contributed by atoms with E-state index >= 15 is 0 Å². The van der Waals surface area contributed by atoms with Crippen molar-refractivity contribution in [3.63, 3.8) is 0 Å². The van der Waals surface area contributed by atoms with Crippen LogP contribution in [0.25, 0.3) is 0 Å². The zero-order chi connectivity index (χ0) is 17.2. The van der Waals surface area contributed by atoms with Crippen LogP contribution in [0.4, 0.5) is 0 Å². The van der Waals surface area contributed by atoms with Crippen LogP contribution in [0.5, 0.6) is 0 Å². The summed E-state index contributed by atoms with van der Waals surface area (Å²) in [7, 11) is 0. The van der Waals surface area contributed by atoms with E-state index in [9.17, 15) is 9.90 Å². The van der Waals surface area contributed by atoms with Crippen molar-refractivity contribution in [2.75, 3.05) is 0 Å². The third-order valence-electron chi connectivity index (χ3n) is 3.00. The molecule has 0 aliphatic rings. The number of ketones is 1. The summed E-state index contributed by atoms with van der Waals surface area (Å²) in [5.41, 5.74) is -0.396. The molecule has 0 saturated heterocycles. The quantitative estimate of drug-likeness (QED) is 0.673. The topological polar surface area (TPSA) is 37.3 Å². The molecule has 0 aromatic rings. The maximum Gasteiger partial charge on any atom is 0.143 e. The zero-order valence-corrected chi connectivity index (χ0v) is 15.9. The minimum absolute atomic E-state index is 0.00174. The fourth-order valence-electron chi connectivity index (χ4n) is 2.42. The third-order valence-corrected chi connectivity index (χ3v) is 3.00. The molecule has 0 rings (SSSR count). The predicted molar refractivity (Wildman–Crippen MR) is 88.8 cm³/mol. The van der Waals surface area contributed by atoms with Crippen LogP contribution in [0, 0.1) is 21.7 Å². The van der Waals surface area contributed by atoms with E-state index < -0.39 is 0 Å². The minimum Gasteiger partial charge on any atom is -0.392 e. The van der Waals surface area contributed by atoms with Gasteiger partial charge in [0.25, 0.3) is 0 Å². The van der Waals surface area contributed by atoms with Crippen LogP contribution in [0.1, 0.15) is 83.1 Å². The van der Waals surface area contributed by atoms with Gasteiger partial charge in [-0.3, -0.25) is 4.79 Å². The number of hydrogen-bond donors (Lipinski definition) is 1. The van der Waals surface area contributed by atoms with Crippen LogP contribution in [-0.2, 0) is 4.79 Å². The first-order valence-corrected chi connectivity index (χ1v) is 7.54. The molecule has 0 spiro atoms. The van der Waals surface area contributed by atoms with Crippen molar-refractivity contribution in [1.82, 2.24) is 0 Å². The highest BCUT2D eigenvalue weighted by atomic mass is 16.3. The van der Waals surface area contributed by atoms with Gasteiger partial charge < -0.3 is 5.11 Å². The van der Waals surface area contributed by atoms with Gasteiger partial charge >= 0.3 is 0 Å². The lowest BCUT2D eigenvalue weighted by atomic mass is 9.74. The highest BCUT2D eigenvalue weighted by molar-refractivity contribution is 5.88. The molecule has 0 atom stereocenters. The Hall–Kier alpha value is -0.370. The second-order valence-corrected chi connectivity index (χ2v) is 9.96. The predicted octanol–water partition coefficient (Wildman–Crippen LogP) is 5.09. The summed E-state index contributed by atoms with van der Waals surface area (Å²) in [6, 6.07) is 0. The second-order valence-electron chi connectivity index (χ2n) is 9.96. The molecule has 2 nitrogen and oxygen atoms in total. The van der Waals surface area contributed by atoms with E-state index in [0.717, 1.165) is 0 Å². The Kier molecular flexibility index (Phi) is 7.23. The van der Waals surface area contributed by atoms with E-state index in [0.29, 0.717) is 5.78 Å². The maximum absolute atomic E-state index is 11.5. The van der Waals surface area contributed by atoms with Crippen LogP contribution in [0.15, 0.2) is 0 Å². The van der Waals surface area contributed by atoms with Crippen LogP contribution < -0.4 is 0 Å². The molecule has 0 amide bonds. The van der Waals surface area contributed by atoms with E-state index in [-0.39, 0.29) is 27.8 Å². The summed E-state index contributed by atoms with van der Waals surface area (Å²) < 4.78 is 0. The fourth-order valence-corrected chi connectivity index (χ4v) is 2.42. The maximum atomic E-state index is 11.5. The van der Waals surface area contributed by atoms with Gasteiger partial charge in [0.05, 0.1) is 6.10 Å². The average molecular weight is 286 g/mol.